The molecule has 0 aliphatic rings. The van der Waals surface area contributed by atoms with Gasteiger partial charge < -0.3 is 9.52 Å². The quantitative estimate of drug-likeness (QED) is 0.854. The van der Waals surface area contributed by atoms with Gasteiger partial charge in [0.05, 0.1) is 6.10 Å². The van der Waals surface area contributed by atoms with Crippen LogP contribution in [0.2, 0.25) is 0 Å². The van der Waals surface area contributed by atoms with Crippen LogP contribution in [0, 0.1) is 6.92 Å². The number of rotatable bonds is 3. The van der Waals surface area contributed by atoms with Gasteiger partial charge in [0, 0.05) is 12.0 Å². The Kier molecular flexibility index (Phi) is 3.11. The Labute approximate surface area is 95.5 Å². The Morgan fingerprint density at radius 2 is 1.81 bits per heavy atom. The van der Waals surface area contributed by atoms with E-state index >= 15 is 0 Å². The van der Waals surface area contributed by atoms with Crippen LogP contribution >= 0.6 is 0 Å². The normalized spacial score (nSPS) is 12.7. The molecule has 1 atom stereocenters. The van der Waals surface area contributed by atoms with Gasteiger partial charge in [-0.05, 0) is 26.0 Å². The first-order valence-corrected chi connectivity index (χ1v) is 5.49. The van der Waals surface area contributed by atoms with Crippen molar-refractivity contribution < 1.29 is 9.52 Å². The Hall–Kier alpha value is -1.54. The molecule has 0 saturated carbocycles. The van der Waals surface area contributed by atoms with Gasteiger partial charge in [0.2, 0.25) is 0 Å². The maximum absolute atomic E-state index is 9.26. The topological polar surface area (TPSA) is 33.4 Å². The number of furan rings is 1. The van der Waals surface area contributed by atoms with E-state index in [9.17, 15) is 5.11 Å². The molecule has 0 amide bonds. The molecule has 0 radical (unpaired) electrons. The van der Waals surface area contributed by atoms with Crippen LogP contribution in [0.25, 0.3) is 11.3 Å². The first kappa shape index (κ1) is 11.0. The van der Waals surface area contributed by atoms with Crippen molar-refractivity contribution in [1.29, 1.82) is 0 Å². The van der Waals surface area contributed by atoms with Crippen molar-refractivity contribution in [2.24, 2.45) is 0 Å². The fourth-order valence-corrected chi connectivity index (χ4v) is 1.65. The number of hydrogen-bond acceptors (Lipinski definition) is 2. The second-order valence-electron chi connectivity index (χ2n) is 4.19. The molecular weight excluding hydrogens is 200 g/mol. The summed E-state index contributed by atoms with van der Waals surface area (Å²) < 4.78 is 5.66. The van der Waals surface area contributed by atoms with Crippen LogP contribution in [0.4, 0.5) is 0 Å². The molecule has 1 aromatic carbocycles. The van der Waals surface area contributed by atoms with Crippen molar-refractivity contribution in [3.8, 4) is 11.3 Å². The van der Waals surface area contributed by atoms with Crippen LogP contribution < -0.4 is 0 Å². The molecule has 2 rings (SSSR count). The Balaban J connectivity index is 2.21. The first-order chi connectivity index (χ1) is 7.65. The molecule has 0 fully saturated rings. The maximum Gasteiger partial charge on any atom is 0.134 e. The molecule has 84 valence electrons. The highest BCUT2D eigenvalue weighted by Gasteiger charge is 2.06. The average molecular weight is 216 g/mol. The van der Waals surface area contributed by atoms with E-state index in [0.29, 0.717) is 6.42 Å². The van der Waals surface area contributed by atoms with Gasteiger partial charge in [0.1, 0.15) is 11.5 Å². The molecule has 2 nitrogen and oxygen atoms in total. The van der Waals surface area contributed by atoms with Crippen LogP contribution in [-0.4, -0.2) is 11.2 Å². The van der Waals surface area contributed by atoms with Crippen molar-refractivity contribution >= 4 is 0 Å². The maximum atomic E-state index is 9.26. The SMILES string of the molecule is Cc1ccc(-c2ccc(C[C@@H](C)O)o2)cc1. The van der Waals surface area contributed by atoms with Crippen molar-refractivity contribution in [2.75, 3.05) is 0 Å². The smallest absolute Gasteiger partial charge is 0.134 e. The summed E-state index contributed by atoms with van der Waals surface area (Å²) in [6, 6.07) is 12.1. The van der Waals surface area contributed by atoms with E-state index in [4.69, 9.17) is 4.42 Å². The van der Waals surface area contributed by atoms with E-state index in [-0.39, 0.29) is 6.10 Å². The molecule has 0 unspecified atom stereocenters. The van der Waals surface area contributed by atoms with Gasteiger partial charge in [-0.25, -0.2) is 0 Å². The molecule has 2 heteroatoms. The summed E-state index contributed by atoms with van der Waals surface area (Å²) in [4.78, 5) is 0. The van der Waals surface area contributed by atoms with E-state index < -0.39 is 0 Å². The highest BCUT2D eigenvalue weighted by molar-refractivity contribution is 5.57. The fourth-order valence-electron chi connectivity index (χ4n) is 1.65. The molecule has 0 aliphatic heterocycles. The number of benzene rings is 1. The zero-order valence-electron chi connectivity index (χ0n) is 9.60. The zero-order valence-corrected chi connectivity index (χ0v) is 9.60. The summed E-state index contributed by atoms with van der Waals surface area (Å²) in [5.41, 5.74) is 2.31. The second-order valence-corrected chi connectivity index (χ2v) is 4.19. The lowest BCUT2D eigenvalue weighted by atomic mass is 10.1. The largest absolute Gasteiger partial charge is 0.461 e. The molecule has 0 spiro atoms. The van der Waals surface area contributed by atoms with Gasteiger partial charge in [-0.1, -0.05) is 29.8 Å². The van der Waals surface area contributed by atoms with Gasteiger partial charge in [-0.2, -0.15) is 0 Å². The van der Waals surface area contributed by atoms with Crippen molar-refractivity contribution in [3.63, 3.8) is 0 Å². The molecule has 2 aromatic rings. The van der Waals surface area contributed by atoms with E-state index in [1.54, 1.807) is 6.92 Å². The minimum absolute atomic E-state index is 0.364. The number of aliphatic hydroxyl groups excluding tert-OH is 1. The van der Waals surface area contributed by atoms with E-state index in [1.165, 1.54) is 5.56 Å². The fraction of sp³-hybridized carbons (Fsp3) is 0.286. The molecule has 1 N–H and O–H groups in total. The highest BCUT2D eigenvalue weighted by Crippen LogP contribution is 2.23. The Morgan fingerprint density at radius 1 is 1.12 bits per heavy atom. The van der Waals surface area contributed by atoms with E-state index in [0.717, 1.165) is 17.1 Å². The van der Waals surface area contributed by atoms with Crippen molar-refractivity contribution in [2.45, 2.75) is 26.4 Å². The number of aliphatic hydroxyl groups is 1. The third-order valence-electron chi connectivity index (χ3n) is 2.49. The minimum Gasteiger partial charge on any atom is -0.461 e. The van der Waals surface area contributed by atoms with Gasteiger partial charge in [-0.15, -0.1) is 0 Å². The summed E-state index contributed by atoms with van der Waals surface area (Å²) in [6.07, 6.45) is 0.197. The monoisotopic (exact) mass is 216 g/mol. The second kappa shape index (κ2) is 4.54. The molecule has 16 heavy (non-hydrogen) atoms. The minimum atomic E-state index is -0.364. The van der Waals surface area contributed by atoms with Crippen LogP contribution in [0.1, 0.15) is 18.2 Å². The lowest BCUT2D eigenvalue weighted by molar-refractivity contribution is 0.187. The van der Waals surface area contributed by atoms with Crippen molar-refractivity contribution in [3.05, 3.63) is 47.7 Å². The molecule has 0 aliphatic carbocycles. The van der Waals surface area contributed by atoms with Crippen molar-refractivity contribution in [1.82, 2.24) is 0 Å². The van der Waals surface area contributed by atoms with Gasteiger partial charge in [0.25, 0.3) is 0 Å². The lowest BCUT2D eigenvalue weighted by Crippen LogP contribution is -2.02. The number of hydrogen-bond donors (Lipinski definition) is 1. The van der Waals surface area contributed by atoms with Crippen LogP contribution in [0.15, 0.2) is 40.8 Å². The molecule has 1 heterocycles. The van der Waals surface area contributed by atoms with Gasteiger partial charge in [0.15, 0.2) is 0 Å². The third kappa shape index (κ3) is 2.52. The molecule has 0 bridgehead atoms. The molecule has 1 aromatic heterocycles. The van der Waals surface area contributed by atoms with E-state index in [2.05, 4.69) is 19.1 Å². The zero-order chi connectivity index (χ0) is 11.5. The van der Waals surface area contributed by atoms with Crippen LogP contribution in [0.3, 0.4) is 0 Å². The summed E-state index contributed by atoms with van der Waals surface area (Å²) in [5, 5.41) is 9.26. The summed E-state index contributed by atoms with van der Waals surface area (Å²) in [7, 11) is 0. The first-order valence-electron chi connectivity index (χ1n) is 5.49. The summed E-state index contributed by atoms with van der Waals surface area (Å²) in [5.74, 6) is 1.68. The number of aryl methyl sites for hydroxylation is 1. The Morgan fingerprint density at radius 3 is 2.44 bits per heavy atom. The third-order valence-corrected chi connectivity index (χ3v) is 2.49. The van der Waals surface area contributed by atoms with Crippen LogP contribution in [-0.2, 0) is 6.42 Å². The predicted molar refractivity (Wildman–Crippen MR) is 64.3 cm³/mol. The summed E-state index contributed by atoms with van der Waals surface area (Å²) >= 11 is 0. The van der Waals surface area contributed by atoms with E-state index in [1.807, 2.05) is 24.3 Å². The predicted octanol–water partition coefficient (Wildman–Crippen LogP) is 3.18. The Bertz CT molecular complexity index is 452. The molecular formula is C14H16O2. The lowest BCUT2D eigenvalue weighted by Gasteiger charge is -2.00. The van der Waals surface area contributed by atoms with Gasteiger partial charge in [-0.3, -0.25) is 0 Å². The summed E-state index contributed by atoms with van der Waals surface area (Å²) in [6.45, 7) is 3.82. The van der Waals surface area contributed by atoms with Crippen LogP contribution in [0.5, 0.6) is 0 Å². The van der Waals surface area contributed by atoms with Gasteiger partial charge >= 0.3 is 0 Å². The molecule has 0 saturated heterocycles. The average Bonchev–Trinajstić information content (AvgIpc) is 2.66. The standard InChI is InChI=1S/C14H16O2/c1-10-3-5-12(6-4-10)14-8-7-13(16-14)9-11(2)15/h3-8,11,15H,9H2,1-2H3/t11-/m1/s1. The highest BCUT2D eigenvalue weighted by atomic mass is 16.3.